The number of methoxy groups -OCH3 is 2. The van der Waals surface area contributed by atoms with Crippen molar-refractivity contribution in [3.63, 3.8) is 0 Å². The third kappa shape index (κ3) is 4.51. The molecule has 1 heterocycles. The van der Waals surface area contributed by atoms with E-state index in [1.54, 1.807) is 20.3 Å². The van der Waals surface area contributed by atoms with Crippen LogP contribution in [0.2, 0.25) is 0 Å². The first-order chi connectivity index (χ1) is 12.2. The number of halogens is 1. The van der Waals surface area contributed by atoms with Crippen molar-refractivity contribution in [2.24, 2.45) is 0 Å². The van der Waals surface area contributed by atoms with Gasteiger partial charge in [0.15, 0.2) is 0 Å². The summed E-state index contributed by atoms with van der Waals surface area (Å²) in [5.74, 6) is 1.58. The minimum Gasteiger partial charge on any atom is -0.497 e. The van der Waals surface area contributed by atoms with Crippen LogP contribution in [0.4, 0.5) is 4.39 Å². The standard InChI is InChI=1S/C21H26FNO2/c1-24-19-12-8-16(21(14-19)25-2)13-18-11-10-17(23-18)9-7-15-5-3-4-6-20(15)22/h3-6,8,12,14,17-18,23H,7,9-11,13H2,1-2H3. The third-order valence-corrected chi connectivity index (χ3v) is 5.02. The van der Waals surface area contributed by atoms with Crippen LogP contribution in [0.5, 0.6) is 11.5 Å². The monoisotopic (exact) mass is 343 g/mol. The molecule has 1 saturated heterocycles. The average molecular weight is 343 g/mol. The molecule has 0 aliphatic carbocycles. The molecule has 1 aliphatic rings. The first-order valence-electron chi connectivity index (χ1n) is 8.90. The summed E-state index contributed by atoms with van der Waals surface area (Å²) < 4.78 is 24.5. The molecule has 1 N–H and O–H groups in total. The van der Waals surface area contributed by atoms with E-state index in [9.17, 15) is 4.39 Å². The Morgan fingerprint density at radius 2 is 1.80 bits per heavy atom. The van der Waals surface area contributed by atoms with Crippen molar-refractivity contribution in [3.05, 3.63) is 59.4 Å². The minimum absolute atomic E-state index is 0.0972. The van der Waals surface area contributed by atoms with Crippen molar-refractivity contribution in [1.29, 1.82) is 0 Å². The lowest BCUT2D eigenvalue weighted by molar-refractivity contribution is 0.388. The fourth-order valence-corrected chi connectivity index (χ4v) is 3.61. The van der Waals surface area contributed by atoms with Crippen LogP contribution in [-0.2, 0) is 12.8 Å². The molecule has 0 bridgehead atoms. The van der Waals surface area contributed by atoms with Gasteiger partial charge in [-0.15, -0.1) is 0 Å². The van der Waals surface area contributed by atoms with Crippen molar-refractivity contribution in [1.82, 2.24) is 5.32 Å². The SMILES string of the molecule is COc1ccc(CC2CCC(CCc3ccccc3F)N2)c(OC)c1. The Morgan fingerprint density at radius 1 is 1.00 bits per heavy atom. The molecule has 2 aromatic carbocycles. The van der Waals surface area contributed by atoms with E-state index in [0.29, 0.717) is 12.1 Å². The topological polar surface area (TPSA) is 30.5 Å². The van der Waals surface area contributed by atoms with Gasteiger partial charge in [0, 0.05) is 18.2 Å². The molecule has 0 saturated carbocycles. The molecular weight excluding hydrogens is 317 g/mol. The molecule has 134 valence electrons. The van der Waals surface area contributed by atoms with Gasteiger partial charge in [0.05, 0.1) is 14.2 Å². The molecule has 2 aromatic rings. The molecule has 0 amide bonds. The maximum atomic E-state index is 13.7. The van der Waals surface area contributed by atoms with Gasteiger partial charge in [-0.25, -0.2) is 4.39 Å². The van der Waals surface area contributed by atoms with Crippen LogP contribution in [0.3, 0.4) is 0 Å². The van der Waals surface area contributed by atoms with E-state index in [1.807, 2.05) is 24.3 Å². The Kier molecular flexibility index (Phi) is 5.92. The lowest BCUT2D eigenvalue weighted by Crippen LogP contribution is -2.31. The number of aryl methyl sites for hydroxylation is 1. The summed E-state index contributed by atoms with van der Waals surface area (Å²) >= 11 is 0. The van der Waals surface area contributed by atoms with E-state index in [0.717, 1.165) is 49.2 Å². The zero-order valence-corrected chi connectivity index (χ0v) is 14.9. The largest absolute Gasteiger partial charge is 0.497 e. The molecule has 1 fully saturated rings. The summed E-state index contributed by atoms with van der Waals surface area (Å²) in [5.41, 5.74) is 2.00. The molecule has 0 aromatic heterocycles. The van der Waals surface area contributed by atoms with Crippen molar-refractivity contribution >= 4 is 0 Å². The van der Waals surface area contributed by atoms with E-state index < -0.39 is 0 Å². The van der Waals surface area contributed by atoms with Gasteiger partial charge in [-0.1, -0.05) is 24.3 Å². The first kappa shape index (κ1) is 17.7. The predicted molar refractivity (Wildman–Crippen MR) is 97.9 cm³/mol. The van der Waals surface area contributed by atoms with Crippen LogP contribution in [0.25, 0.3) is 0 Å². The second-order valence-electron chi connectivity index (χ2n) is 6.65. The van der Waals surface area contributed by atoms with Crippen LogP contribution >= 0.6 is 0 Å². The maximum Gasteiger partial charge on any atom is 0.126 e. The average Bonchev–Trinajstić information content (AvgIpc) is 3.09. The number of nitrogens with one attached hydrogen (secondary N) is 1. The van der Waals surface area contributed by atoms with Crippen LogP contribution in [0.1, 0.15) is 30.4 Å². The normalized spacial score (nSPS) is 19.8. The van der Waals surface area contributed by atoms with Gasteiger partial charge in [0.25, 0.3) is 0 Å². The summed E-state index contributed by atoms with van der Waals surface area (Å²) in [5, 5.41) is 3.70. The van der Waals surface area contributed by atoms with Crippen LogP contribution < -0.4 is 14.8 Å². The van der Waals surface area contributed by atoms with Gasteiger partial charge in [0.1, 0.15) is 17.3 Å². The van der Waals surface area contributed by atoms with E-state index in [-0.39, 0.29) is 5.82 Å². The van der Waals surface area contributed by atoms with Crippen LogP contribution in [0, 0.1) is 5.82 Å². The van der Waals surface area contributed by atoms with Gasteiger partial charge in [0.2, 0.25) is 0 Å². The van der Waals surface area contributed by atoms with Crippen molar-refractivity contribution < 1.29 is 13.9 Å². The lowest BCUT2D eigenvalue weighted by atomic mass is 10.0. The highest BCUT2D eigenvalue weighted by atomic mass is 19.1. The maximum absolute atomic E-state index is 13.7. The molecule has 3 rings (SSSR count). The summed E-state index contributed by atoms with van der Waals surface area (Å²) in [6, 6.07) is 13.9. The Hall–Kier alpha value is -2.07. The highest BCUT2D eigenvalue weighted by Gasteiger charge is 2.24. The van der Waals surface area contributed by atoms with Gasteiger partial charge in [-0.3, -0.25) is 0 Å². The summed E-state index contributed by atoms with van der Waals surface area (Å²) in [6.07, 6.45) is 4.96. The molecule has 4 heteroatoms. The number of benzene rings is 2. The van der Waals surface area contributed by atoms with E-state index >= 15 is 0 Å². The zero-order valence-electron chi connectivity index (χ0n) is 14.9. The van der Waals surface area contributed by atoms with Gasteiger partial charge in [-0.2, -0.15) is 0 Å². The van der Waals surface area contributed by atoms with Crippen molar-refractivity contribution in [2.75, 3.05) is 14.2 Å². The first-order valence-corrected chi connectivity index (χ1v) is 8.90. The number of hydrogen-bond acceptors (Lipinski definition) is 3. The number of hydrogen-bond donors (Lipinski definition) is 1. The molecule has 1 aliphatic heterocycles. The summed E-state index contributed by atoms with van der Waals surface area (Å²) in [7, 11) is 3.35. The van der Waals surface area contributed by atoms with Crippen LogP contribution in [0.15, 0.2) is 42.5 Å². The van der Waals surface area contributed by atoms with E-state index in [2.05, 4.69) is 11.4 Å². The molecule has 25 heavy (non-hydrogen) atoms. The molecule has 0 spiro atoms. The second kappa shape index (κ2) is 8.34. The fraction of sp³-hybridized carbons (Fsp3) is 0.429. The molecule has 2 unspecified atom stereocenters. The number of rotatable bonds is 7. The summed E-state index contributed by atoms with van der Waals surface area (Å²) in [6.45, 7) is 0. The lowest BCUT2D eigenvalue weighted by Gasteiger charge is -2.17. The predicted octanol–water partition coefficient (Wildman–Crippen LogP) is 4.14. The Labute approximate surface area is 149 Å². The Morgan fingerprint density at radius 3 is 2.56 bits per heavy atom. The summed E-state index contributed by atoms with van der Waals surface area (Å²) in [4.78, 5) is 0. The number of ether oxygens (including phenoxy) is 2. The van der Waals surface area contributed by atoms with Crippen molar-refractivity contribution in [2.45, 2.75) is 44.2 Å². The van der Waals surface area contributed by atoms with Gasteiger partial charge >= 0.3 is 0 Å². The minimum atomic E-state index is -0.0972. The fourth-order valence-electron chi connectivity index (χ4n) is 3.61. The Balaban J connectivity index is 1.54. The van der Waals surface area contributed by atoms with Gasteiger partial charge in [-0.05, 0) is 55.4 Å². The molecule has 3 nitrogen and oxygen atoms in total. The molecule has 2 atom stereocenters. The van der Waals surface area contributed by atoms with Gasteiger partial charge < -0.3 is 14.8 Å². The highest BCUT2D eigenvalue weighted by molar-refractivity contribution is 5.41. The highest BCUT2D eigenvalue weighted by Crippen LogP contribution is 2.28. The van der Waals surface area contributed by atoms with Crippen molar-refractivity contribution in [3.8, 4) is 11.5 Å². The Bertz CT molecular complexity index is 704. The molecular formula is C21H26FNO2. The van der Waals surface area contributed by atoms with Crippen LogP contribution in [-0.4, -0.2) is 26.3 Å². The smallest absolute Gasteiger partial charge is 0.126 e. The van der Waals surface area contributed by atoms with E-state index in [1.165, 1.54) is 11.6 Å². The van der Waals surface area contributed by atoms with E-state index in [4.69, 9.17) is 9.47 Å². The molecule has 0 radical (unpaired) electrons. The quantitative estimate of drug-likeness (QED) is 0.820. The second-order valence-corrected chi connectivity index (χ2v) is 6.65. The third-order valence-electron chi connectivity index (χ3n) is 5.02. The zero-order chi connectivity index (χ0) is 17.6.